The maximum Gasteiger partial charge on any atom is 0.243 e. The number of carbonyl (C=O) groups excluding carboxylic acids is 1. The van der Waals surface area contributed by atoms with E-state index in [4.69, 9.17) is 0 Å². The minimum Gasteiger partial charge on any atom is -0.302 e. The van der Waals surface area contributed by atoms with Gasteiger partial charge in [-0.2, -0.15) is 4.31 Å². The van der Waals surface area contributed by atoms with Crippen LogP contribution in [0.1, 0.15) is 31.4 Å². The van der Waals surface area contributed by atoms with E-state index in [9.17, 15) is 13.2 Å². The van der Waals surface area contributed by atoms with E-state index < -0.39 is 10.0 Å². The van der Waals surface area contributed by atoms with Crippen LogP contribution in [0.2, 0.25) is 0 Å². The van der Waals surface area contributed by atoms with Crippen molar-refractivity contribution in [1.82, 2.24) is 9.29 Å². The molecule has 2 aromatic carbocycles. The molecule has 0 aliphatic rings. The van der Waals surface area contributed by atoms with Crippen LogP contribution in [0.4, 0.5) is 5.13 Å². The summed E-state index contributed by atoms with van der Waals surface area (Å²) in [5, 5.41) is 3.46. The van der Waals surface area contributed by atoms with E-state index >= 15 is 0 Å². The van der Waals surface area contributed by atoms with Crippen LogP contribution in [0.3, 0.4) is 0 Å². The highest BCUT2D eigenvalue weighted by Gasteiger charge is 2.21. The lowest BCUT2D eigenvalue weighted by Gasteiger charge is -2.18. The maximum atomic E-state index is 12.5. The summed E-state index contributed by atoms with van der Waals surface area (Å²) in [4.78, 5) is 17.1. The van der Waals surface area contributed by atoms with Crippen molar-refractivity contribution in [2.75, 3.05) is 18.4 Å². The second-order valence-electron chi connectivity index (χ2n) is 6.72. The van der Waals surface area contributed by atoms with Crippen molar-refractivity contribution in [3.05, 3.63) is 53.6 Å². The van der Waals surface area contributed by atoms with Gasteiger partial charge in [0.25, 0.3) is 0 Å². The first-order valence-electron chi connectivity index (χ1n) is 9.60. The van der Waals surface area contributed by atoms with Crippen molar-refractivity contribution in [2.24, 2.45) is 0 Å². The number of hydrogen-bond acceptors (Lipinski definition) is 5. The fraction of sp³-hybridized carbons (Fsp3) is 0.333. The number of nitrogens with zero attached hydrogens (tertiary/aromatic N) is 2. The summed E-state index contributed by atoms with van der Waals surface area (Å²) in [6.07, 6.45) is 0.832. The largest absolute Gasteiger partial charge is 0.302 e. The van der Waals surface area contributed by atoms with E-state index in [2.05, 4.69) is 10.3 Å². The predicted molar refractivity (Wildman–Crippen MR) is 118 cm³/mol. The number of anilines is 1. The zero-order chi connectivity index (χ0) is 21.0. The molecule has 0 aliphatic carbocycles. The summed E-state index contributed by atoms with van der Waals surface area (Å²) in [5.74, 6) is -0.110. The standard InChI is InChI=1S/C21H25N3O3S2/c1-4-24(5-2)29(26,27)17-12-9-16(10-13-17)11-14-19(25)22-21-23-20-15(3)7-6-8-18(20)28-21/h6-10,12-13H,4-5,11,14H2,1-3H3,(H,22,23,25). The number of sulfonamides is 1. The van der Waals surface area contributed by atoms with E-state index in [1.54, 1.807) is 24.3 Å². The van der Waals surface area contributed by atoms with Gasteiger partial charge in [-0.15, -0.1) is 0 Å². The maximum absolute atomic E-state index is 12.5. The van der Waals surface area contributed by atoms with Crippen LogP contribution in [0.25, 0.3) is 10.2 Å². The monoisotopic (exact) mass is 431 g/mol. The van der Waals surface area contributed by atoms with Gasteiger partial charge >= 0.3 is 0 Å². The molecule has 1 aromatic heterocycles. The average Bonchev–Trinajstić information content (AvgIpc) is 3.11. The Morgan fingerprint density at radius 3 is 2.41 bits per heavy atom. The van der Waals surface area contributed by atoms with Gasteiger partial charge < -0.3 is 5.32 Å². The Labute approximate surface area is 175 Å². The summed E-state index contributed by atoms with van der Waals surface area (Å²) in [7, 11) is -3.46. The normalized spacial score (nSPS) is 11.9. The minimum atomic E-state index is -3.46. The van der Waals surface area contributed by atoms with Gasteiger partial charge in [-0.1, -0.05) is 49.4 Å². The minimum absolute atomic E-state index is 0.110. The number of carbonyl (C=O) groups is 1. The lowest BCUT2D eigenvalue weighted by molar-refractivity contribution is -0.116. The zero-order valence-electron chi connectivity index (χ0n) is 16.8. The Morgan fingerprint density at radius 1 is 1.10 bits per heavy atom. The van der Waals surface area contributed by atoms with Crippen molar-refractivity contribution < 1.29 is 13.2 Å². The number of aromatic nitrogens is 1. The number of rotatable bonds is 8. The number of thiazole rings is 1. The van der Waals surface area contributed by atoms with Crippen LogP contribution >= 0.6 is 11.3 Å². The van der Waals surface area contributed by atoms with Gasteiger partial charge in [-0.05, 0) is 42.7 Å². The second kappa shape index (κ2) is 9.02. The first-order valence-corrected chi connectivity index (χ1v) is 11.9. The zero-order valence-corrected chi connectivity index (χ0v) is 18.4. The number of amides is 1. The third-order valence-electron chi connectivity index (χ3n) is 4.77. The lowest BCUT2D eigenvalue weighted by Crippen LogP contribution is -2.30. The van der Waals surface area contributed by atoms with E-state index in [1.165, 1.54) is 15.6 Å². The van der Waals surface area contributed by atoms with Crippen LogP contribution in [0, 0.1) is 6.92 Å². The van der Waals surface area contributed by atoms with Gasteiger partial charge in [-0.25, -0.2) is 13.4 Å². The Morgan fingerprint density at radius 2 is 1.79 bits per heavy atom. The predicted octanol–water partition coefficient (Wildman–Crippen LogP) is 4.21. The van der Waals surface area contributed by atoms with Gasteiger partial charge in [0.15, 0.2) is 5.13 Å². The molecule has 3 rings (SSSR count). The van der Waals surface area contributed by atoms with Crippen LogP contribution in [0.5, 0.6) is 0 Å². The molecule has 6 nitrogen and oxygen atoms in total. The van der Waals surface area contributed by atoms with Crippen LogP contribution in [0.15, 0.2) is 47.4 Å². The molecule has 8 heteroatoms. The number of fused-ring (bicyclic) bond motifs is 1. The second-order valence-corrected chi connectivity index (χ2v) is 9.69. The van der Waals surface area contributed by atoms with Gasteiger partial charge in [0.2, 0.25) is 15.9 Å². The molecule has 0 atom stereocenters. The number of para-hydroxylation sites is 1. The quantitative estimate of drug-likeness (QED) is 0.579. The number of nitrogens with one attached hydrogen (secondary N) is 1. The molecule has 0 spiro atoms. The van der Waals surface area contributed by atoms with E-state index in [1.807, 2.05) is 39.0 Å². The van der Waals surface area contributed by atoms with Gasteiger partial charge in [0, 0.05) is 19.5 Å². The molecule has 0 bridgehead atoms. The molecule has 0 unspecified atom stereocenters. The topological polar surface area (TPSA) is 79.4 Å². The lowest BCUT2D eigenvalue weighted by atomic mass is 10.1. The van der Waals surface area contributed by atoms with Gasteiger partial charge in [0.05, 0.1) is 15.1 Å². The molecule has 1 heterocycles. The number of hydrogen-bond donors (Lipinski definition) is 1. The molecule has 1 amide bonds. The molecular formula is C21H25N3O3S2. The SMILES string of the molecule is CCN(CC)S(=O)(=O)c1ccc(CCC(=O)Nc2nc3c(C)cccc3s2)cc1. The fourth-order valence-electron chi connectivity index (χ4n) is 3.12. The summed E-state index contributed by atoms with van der Waals surface area (Å²) < 4.78 is 27.5. The van der Waals surface area contributed by atoms with Gasteiger partial charge in [0.1, 0.15) is 0 Å². The molecule has 0 fully saturated rings. The Hall–Kier alpha value is -2.29. The summed E-state index contributed by atoms with van der Waals surface area (Å²) in [5.41, 5.74) is 2.91. The van der Waals surface area contributed by atoms with Crippen molar-refractivity contribution in [2.45, 2.75) is 38.5 Å². The molecule has 29 heavy (non-hydrogen) atoms. The molecule has 1 N–H and O–H groups in total. The molecule has 0 saturated carbocycles. The first kappa shape index (κ1) is 21.4. The molecular weight excluding hydrogens is 406 g/mol. The fourth-order valence-corrected chi connectivity index (χ4v) is 5.54. The summed E-state index contributed by atoms with van der Waals surface area (Å²) in [6.45, 7) is 6.51. The van der Waals surface area contributed by atoms with Crippen LogP contribution in [-0.2, 0) is 21.2 Å². The Kier molecular flexibility index (Phi) is 6.66. The number of benzene rings is 2. The highest BCUT2D eigenvalue weighted by molar-refractivity contribution is 7.89. The average molecular weight is 432 g/mol. The number of aryl methyl sites for hydroxylation is 2. The van der Waals surface area contributed by atoms with Crippen molar-refractivity contribution >= 4 is 42.6 Å². The Balaban J connectivity index is 1.60. The molecule has 0 aliphatic heterocycles. The summed E-state index contributed by atoms with van der Waals surface area (Å²) in [6, 6.07) is 12.7. The van der Waals surface area contributed by atoms with E-state index in [0.717, 1.165) is 21.3 Å². The third kappa shape index (κ3) is 4.83. The Bertz CT molecular complexity index is 1100. The highest BCUT2D eigenvalue weighted by atomic mass is 32.2. The van der Waals surface area contributed by atoms with Crippen LogP contribution < -0.4 is 5.32 Å². The van der Waals surface area contributed by atoms with Crippen molar-refractivity contribution in [1.29, 1.82) is 0 Å². The smallest absolute Gasteiger partial charge is 0.243 e. The van der Waals surface area contributed by atoms with Crippen LogP contribution in [-0.4, -0.2) is 36.7 Å². The van der Waals surface area contributed by atoms with E-state index in [0.29, 0.717) is 31.1 Å². The van der Waals surface area contributed by atoms with E-state index in [-0.39, 0.29) is 10.8 Å². The van der Waals surface area contributed by atoms with Crippen molar-refractivity contribution in [3.8, 4) is 0 Å². The van der Waals surface area contributed by atoms with Crippen molar-refractivity contribution in [3.63, 3.8) is 0 Å². The van der Waals surface area contributed by atoms with Gasteiger partial charge in [-0.3, -0.25) is 4.79 Å². The molecule has 0 radical (unpaired) electrons. The third-order valence-corrected chi connectivity index (χ3v) is 7.77. The molecule has 154 valence electrons. The molecule has 3 aromatic rings. The molecule has 0 saturated heterocycles. The highest BCUT2D eigenvalue weighted by Crippen LogP contribution is 2.28. The first-order chi connectivity index (χ1) is 13.8. The summed E-state index contributed by atoms with van der Waals surface area (Å²) >= 11 is 1.46.